The van der Waals surface area contributed by atoms with Crippen molar-refractivity contribution >= 4 is 22.8 Å². The van der Waals surface area contributed by atoms with E-state index in [1.54, 1.807) is 11.0 Å². The number of para-hydroxylation sites is 1. The van der Waals surface area contributed by atoms with Gasteiger partial charge < -0.3 is 19.2 Å². The molecule has 0 aliphatic carbocycles. The largest absolute Gasteiger partial charge is 0.481 e. The number of piperidine rings is 1. The minimum atomic E-state index is -1.04. The first-order valence-corrected chi connectivity index (χ1v) is 7.55. The number of ether oxygens (including phenoxy) is 1. The van der Waals surface area contributed by atoms with Crippen LogP contribution in [-0.4, -0.2) is 48.7 Å². The number of likely N-dealkylation sites (tertiary alicyclic amines) is 1. The first-order valence-electron chi connectivity index (χ1n) is 7.55. The molecule has 1 atom stereocenters. The molecule has 3 rings (SSSR count). The Balaban J connectivity index is 1.89. The number of benzene rings is 1. The number of carboxylic acids is 1. The van der Waals surface area contributed by atoms with Crippen LogP contribution < -0.4 is 0 Å². The van der Waals surface area contributed by atoms with Gasteiger partial charge in [-0.2, -0.15) is 0 Å². The Morgan fingerprint density at radius 1 is 1.39 bits per heavy atom. The molecule has 1 saturated heterocycles. The van der Waals surface area contributed by atoms with Crippen LogP contribution in [0.25, 0.3) is 11.0 Å². The molecule has 122 valence electrons. The molecule has 1 aliphatic rings. The molecule has 0 radical (unpaired) electrons. The highest BCUT2D eigenvalue weighted by Crippen LogP contribution is 2.32. The van der Waals surface area contributed by atoms with E-state index in [1.165, 1.54) is 13.4 Å². The lowest BCUT2D eigenvalue weighted by Crippen LogP contribution is -2.52. The van der Waals surface area contributed by atoms with Crippen LogP contribution in [0.3, 0.4) is 0 Å². The summed E-state index contributed by atoms with van der Waals surface area (Å²) in [6.45, 7) is 0.782. The maximum absolute atomic E-state index is 12.8. The zero-order valence-corrected chi connectivity index (χ0v) is 12.9. The Labute approximate surface area is 133 Å². The first kappa shape index (κ1) is 15.6. The number of carbonyl (C=O) groups is 2. The average molecular weight is 317 g/mol. The quantitative estimate of drug-likeness (QED) is 0.936. The molecule has 1 aromatic heterocycles. The van der Waals surface area contributed by atoms with E-state index >= 15 is 0 Å². The normalized spacial score (nSPS) is 21.5. The van der Waals surface area contributed by atoms with Gasteiger partial charge in [0.25, 0.3) is 5.91 Å². The molecule has 2 aromatic rings. The third kappa shape index (κ3) is 2.70. The van der Waals surface area contributed by atoms with Gasteiger partial charge in [-0.15, -0.1) is 0 Å². The number of hydrogen-bond donors (Lipinski definition) is 1. The fourth-order valence-electron chi connectivity index (χ4n) is 3.25. The van der Waals surface area contributed by atoms with Gasteiger partial charge in [-0.1, -0.05) is 18.2 Å². The minimum absolute atomic E-state index is 0.0955. The molecule has 23 heavy (non-hydrogen) atoms. The van der Waals surface area contributed by atoms with Crippen LogP contribution in [0.5, 0.6) is 0 Å². The summed E-state index contributed by atoms with van der Waals surface area (Å²) >= 11 is 0. The van der Waals surface area contributed by atoms with Crippen LogP contribution in [0.1, 0.15) is 23.2 Å². The second-order valence-corrected chi connectivity index (χ2v) is 5.99. The lowest BCUT2D eigenvalue weighted by atomic mass is 9.80. The van der Waals surface area contributed by atoms with Crippen LogP contribution in [0.4, 0.5) is 0 Å². The smallest absolute Gasteiger partial charge is 0.313 e. The highest BCUT2D eigenvalue weighted by atomic mass is 16.5. The van der Waals surface area contributed by atoms with Crippen LogP contribution in [0.15, 0.2) is 34.9 Å². The summed E-state index contributed by atoms with van der Waals surface area (Å²) < 4.78 is 10.5. The van der Waals surface area contributed by atoms with Crippen molar-refractivity contribution in [3.63, 3.8) is 0 Å². The number of aliphatic carboxylic acids is 1. The van der Waals surface area contributed by atoms with Gasteiger partial charge in [-0.25, -0.2) is 0 Å². The molecule has 1 aromatic carbocycles. The van der Waals surface area contributed by atoms with Crippen molar-refractivity contribution in [1.82, 2.24) is 4.90 Å². The Kier molecular flexibility index (Phi) is 4.09. The number of carboxylic acid groups (broad SMARTS) is 1. The van der Waals surface area contributed by atoms with Crippen molar-refractivity contribution < 1.29 is 23.8 Å². The van der Waals surface area contributed by atoms with E-state index in [1.807, 2.05) is 18.2 Å². The number of hydrogen-bond acceptors (Lipinski definition) is 4. The van der Waals surface area contributed by atoms with Crippen LogP contribution in [0, 0.1) is 5.41 Å². The Hall–Kier alpha value is -2.34. The summed E-state index contributed by atoms with van der Waals surface area (Å²) in [6.07, 6.45) is 2.59. The molecular weight excluding hydrogens is 298 g/mol. The third-order valence-corrected chi connectivity index (χ3v) is 4.45. The molecule has 0 spiro atoms. The molecule has 0 bridgehead atoms. The predicted octanol–water partition coefficient (Wildman–Crippen LogP) is 2.39. The lowest BCUT2D eigenvalue weighted by molar-refractivity contribution is -0.155. The summed E-state index contributed by atoms with van der Waals surface area (Å²) in [5.41, 5.74) is 0.0795. The van der Waals surface area contributed by atoms with Crippen molar-refractivity contribution in [2.24, 2.45) is 5.41 Å². The molecular formula is C17H19NO5. The first-order chi connectivity index (χ1) is 11.1. The maximum Gasteiger partial charge on any atom is 0.313 e. The SMILES string of the molecule is COCC1(C(=O)O)CCCN(C(=O)c2coc3ccccc23)C1. The second-order valence-electron chi connectivity index (χ2n) is 5.99. The molecule has 0 saturated carbocycles. The highest BCUT2D eigenvalue weighted by Gasteiger charge is 2.44. The van der Waals surface area contributed by atoms with Gasteiger partial charge in [-0.05, 0) is 18.9 Å². The molecule has 1 N–H and O–H groups in total. The summed E-state index contributed by atoms with van der Waals surface area (Å²) in [6, 6.07) is 7.32. The lowest BCUT2D eigenvalue weighted by Gasteiger charge is -2.39. The monoisotopic (exact) mass is 317 g/mol. The van der Waals surface area contributed by atoms with Gasteiger partial charge in [0, 0.05) is 25.6 Å². The van der Waals surface area contributed by atoms with Crippen LogP contribution >= 0.6 is 0 Å². The fourth-order valence-corrected chi connectivity index (χ4v) is 3.25. The molecule has 1 fully saturated rings. The number of amides is 1. The van der Waals surface area contributed by atoms with Crippen molar-refractivity contribution in [1.29, 1.82) is 0 Å². The van der Waals surface area contributed by atoms with E-state index in [0.717, 1.165) is 5.39 Å². The fraction of sp³-hybridized carbons (Fsp3) is 0.412. The maximum atomic E-state index is 12.8. The molecule has 2 heterocycles. The van der Waals surface area contributed by atoms with E-state index < -0.39 is 11.4 Å². The number of rotatable bonds is 4. The number of methoxy groups -OCH3 is 1. The van der Waals surface area contributed by atoms with Gasteiger partial charge in [0.15, 0.2) is 0 Å². The predicted molar refractivity (Wildman–Crippen MR) is 83.3 cm³/mol. The van der Waals surface area contributed by atoms with Gasteiger partial charge in [0.05, 0.1) is 12.2 Å². The highest BCUT2D eigenvalue weighted by molar-refractivity contribution is 6.06. The van der Waals surface area contributed by atoms with E-state index in [4.69, 9.17) is 9.15 Å². The summed E-state index contributed by atoms with van der Waals surface area (Å²) in [5, 5.41) is 10.3. The van der Waals surface area contributed by atoms with Gasteiger partial charge in [0.1, 0.15) is 17.3 Å². The molecule has 1 unspecified atom stereocenters. The molecule has 1 amide bonds. The Morgan fingerprint density at radius 3 is 2.91 bits per heavy atom. The van der Waals surface area contributed by atoms with Gasteiger partial charge in [0.2, 0.25) is 0 Å². The zero-order chi connectivity index (χ0) is 16.4. The van der Waals surface area contributed by atoms with Crippen molar-refractivity contribution in [2.45, 2.75) is 12.8 Å². The number of carbonyl (C=O) groups excluding carboxylic acids is 1. The minimum Gasteiger partial charge on any atom is -0.481 e. The standard InChI is InChI=1S/C17H19NO5/c1-22-11-17(16(20)21)7-4-8-18(10-17)15(19)13-9-23-14-6-3-2-5-12(13)14/h2-3,5-6,9H,4,7-8,10-11H2,1H3,(H,20,21). The molecule has 1 aliphatic heterocycles. The average Bonchev–Trinajstić information content (AvgIpc) is 2.98. The van der Waals surface area contributed by atoms with Gasteiger partial charge in [-0.3, -0.25) is 9.59 Å². The molecule has 6 nitrogen and oxygen atoms in total. The molecule has 6 heteroatoms. The summed E-state index contributed by atoms with van der Waals surface area (Å²) in [5.74, 6) is -1.12. The van der Waals surface area contributed by atoms with E-state index in [-0.39, 0.29) is 19.1 Å². The topological polar surface area (TPSA) is 80.0 Å². The van der Waals surface area contributed by atoms with E-state index in [2.05, 4.69) is 0 Å². The Morgan fingerprint density at radius 2 is 2.17 bits per heavy atom. The van der Waals surface area contributed by atoms with Crippen molar-refractivity contribution in [3.8, 4) is 0 Å². The zero-order valence-electron chi connectivity index (χ0n) is 12.9. The number of furan rings is 1. The second kappa shape index (κ2) is 6.04. The summed E-state index contributed by atoms with van der Waals surface area (Å²) in [7, 11) is 1.48. The van der Waals surface area contributed by atoms with Crippen molar-refractivity contribution in [3.05, 3.63) is 36.1 Å². The van der Waals surface area contributed by atoms with Crippen molar-refractivity contribution in [2.75, 3.05) is 26.8 Å². The number of fused-ring (bicyclic) bond motifs is 1. The van der Waals surface area contributed by atoms with Crippen LogP contribution in [-0.2, 0) is 9.53 Å². The third-order valence-electron chi connectivity index (χ3n) is 4.45. The Bertz CT molecular complexity index is 733. The number of nitrogens with zero attached hydrogens (tertiary/aromatic N) is 1. The summed E-state index contributed by atoms with van der Waals surface area (Å²) in [4.78, 5) is 26.1. The van der Waals surface area contributed by atoms with E-state index in [0.29, 0.717) is 30.5 Å². The van der Waals surface area contributed by atoms with E-state index in [9.17, 15) is 14.7 Å². The van der Waals surface area contributed by atoms with Gasteiger partial charge >= 0.3 is 5.97 Å². The van der Waals surface area contributed by atoms with Crippen LogP contribution in [0.2, 0.25) is 0 Å².